The molecule has 8 nitrogen and oxygen atoms in total. The van der Waals surface area contributed by atoms with Gasteiger partial charge in [0.2, 0.25) is 0 Å². The maximum Gasteiger partial charge on any atom is 0.262 e. The minimum absolute atomic E-state index is 0.0288. The van der Waals surface area contributed by atoms with Crippen LogP contribution < -0.4 is 9.64 Å². The summed E-state index contributed by atoms with van der Waals surface area (Å²) in [6.45, 7) is 0.347. The summed E-state index contributed by atoms with van der Waals surface area (Å²) >= 11 is 0. The van der Waals surface area contributed by atoms with Crippen LogP contribution in [-0.4, -0.2) is 60.7 Å². The molecule has 33 heavy (non-hydrogen) atoms. The molecule has 1 aromatic heterocycles. The number of hydrogen-bond donors (Lipinski definition) is 1. The molecule has 2 aromatic carbocycles. The van der Waals surface area contributed by atoms with Crippen molar-refractivity contribution in [1.82, 2.24) is 13.9 Å². The van der Waals surface area contributed by atoms with Gasteiger partial charge in [0.15, 0.2) is 5.03 Å². The lowest BCUT2D eigenvalue weighted by Crippen LogP contribution is -2.48. The molecule has 0 amide bonds. The Kier molecular flexibility index (Phi) is 5.43. The number of para-hydroxylation sites is 1. The summed E-state index contributed by atoms with van der Waals surface area (Å²) in [4.78, 5) is 6.21. The molecule has 3 heterocycles. The summed E-state index contributed by atoms with van der Waals surface area (Å²) in [7, 11) is 1.57. The van der Waals surface area contributed by atoms with E-state index in [1.54, 1.807) is 23.0 Å². The zero-order valence-corrected chi connectivity index (χ0v) is 19.7. The van der Waals surface area contributed by atoms with Crippen LogP contribution >= 0.6 is 0 Å². The molecule has 0 unspecified atom stereocenters. The second-order valence-electron chi connectivity index (χ2n) is 8.73. The SMILES string of the molecule is COc1ccccc1-c1ccc2c(c1)[C@H]1[C@H](CCN1S(=O)(=O)c1cn(C)cn1)[C@H](CO)N2C. The van der Waals surface area contributed by atoms with Gasteiger partial charge in [-0.05, 0) is 35.7 Å². The number of aliphatic hydroxyl groups excluding tert-OH is 1. The molecule has 2 aliphatic heterocycles. The highest BCUT2D eigenvalue weighted by Gasteiger charge is 2.50. The first-order chi connectivity index (χ1) is 15.9. The molecule has 0 spiro atoms. The molecule has 1 fully saturated rings. The van der Waals surface area contributed by atoms with E-state index in [-0.39, 0.29) is 29.6 Å². The molecule has 3 aromatic rings. The number of imidazole rings is 1. The summed E-state index contributed by atoms with van der Waals surface area (Å²) in [5.74, 6) is 0.731. The van der Waals surface area contributed by atoms with Crippen molar-refractivity contribution in [2.24, 2.45) is 13.0 Å². The highest BCUT2D eigenvalue weighted by Crippen LogP contribution is 2.51. The molecule has 3 atom stereocenters. The standard InChI is InChI=1S/C24H28N4O4S/c1-26-13-23(25-15-26)33(30,31)28-11-10-18-21(14-29)27(2)20-9-8-16(12-19(20)24(18)28)17-6-4-5-7-22(17)32-3/h4-9,12-13,15,18,21,24,29H,10-11,14H2,1-3H3/t18-,21+,24-/m1/s1. The molecule has 2 aliphatic rings. The number of benzene rings is 2. The molecule has 1 saturated heterocycles. The number of ether oxygens (including phenoxy) is 1. The third kappa shape index (κ3) is 3.42. The molecular formula is C24H28N4O4S. The average Bonchev–Trinajstić information content (AvgIpc) is 3.47. The van der Waals surface area contributed by atoms with Crippen molar-refractivity contribution in [1.29, 1.82) is 0 Å². The third-order valence-electron chi connectivity index (χ3n) is 6.98. The van der Waals surface area contributed by atoms with Crippen molar-refractivity contribution >= 4 is 15.7 Å². The number of likely N-dealkylation sites (N-methyl/N-ethyl adjacent to an activating group) is 1. The van der Waals surface area contributed by atoms with E-state index in [0.29, 0.717) is 13.0 Å². The summed E-state index contributed by atoms with van der Waals surface area (Å²) in [6.07, 6.45) is 3.71. The molecule has 9 heteroatoms. The Morgan fingerprint density at radius 1 is 1.18 bits per heavy atom. The Bertz CT molecular complexity index is 1290. The number of methoxy groups -OCH3 is 1. The fourth-order valence-electron chi connectivity index (χ4n) is 5.37. The maximum atomic E-state index is 13.6. The summed E-state index contributed by atoms with van der Waals surface area (Å²) in [5.41, 5.74) is 3.77. The zero-order chi connectivity index (χ0) is 23.3. The molecule has 0 saturated carbocycles. The van der Waals surface area contributed by atoms with Gasteiger partial charge >= 0.3 is 0 Å². The van der Waals surface area contributed by atoms with Crippen LogP contribution in [0.1, 0.15) is 18.0 Å². The number of aromatic nitrogens is 2. The van der Waals surface area contributed by atoms with Crippen molar-refractivity contribution in [3.63, 3.8) is 0 Å². The van der Waals surface area contributed by atoms with Gasteiger partial charge in [-0.2, -0.15) is 4.31 Å². The van der Waals surface area contributed by atoms with Crippen molar-refractivity contribution in [3.8, 4) is 16.9 Å². The van der Waals surface area contributed by atoms with E-state index in [2.05, 4.69) is 16.0 Å². The first-order valence-corrected chi connectivity index (χ1v) is 12.4. The topological polar surface area (TPSA) is 87.9 Å². The van der Waals surface area contributed by atoms with Crippen molar-refractivity contribution in [2.45, 2.75) is 23.5 Å². The van der Waals surface area contributed by atoms with Crippen molar-refractivity contribution < 1.29 is 18.3 Å². The lowest BCUT2D eigenvalue weighted by molar-refractivity contribution is 0.193. The van der Waals surface area contributed by atoms with Gasteiger partial charge in [-0.15, -0.1) is 0 Å². The van der Waals surface area contributed by atoms with Crippen LogP contribution in [0.4, 0.5) is 5.69 Å². The second kappa shape index (κ2) is 8.16. The number of rotatable bonds is 5. The van der Waals surface area contributed by atoms with Crippen LogP contribution in [0.15, 0.2) is 60.0 Å². The quantitative estimate of drug-likeness (QED) is 0.620. The first kappa shape index (κ1) is 21.9. The van der Waals surface area contributed by atoms with E-state index < -0.39 is 10.0 Å². The minimum atomic E-state index is -3.79. The van der Waals surface area contributed by atoms with E-state index in [9.17, 15) is 13.5 Å². The smallest absolute Gasteiger partial charge is 0.262 e. The number of nitrogens with zero attached hydrogens (tertiary/aromatic N) is 4. The second-order valence-corrected chi connectivity index (χ2v) is 10.6. The van der Waals surface area contributed by atoms with Gasteiger partial charge in [0.1, 0.15) is 5.75 Å². The Balaban J connectivity index is 1.66. The Morgan fingerprint density at radius 2 is 1.97 bits per heavy atom. The van der Waals surface area contributed by atoms with Crippen molar-refractivity contribution in [2.75, 3.05) is 32.2 Å². The summed E-state index contributed by atoms with van der Waals surface area (Å²) in [6, 6.07) is 13.4. The first-order valence-electron chi connectivity index (χ1n) is 11.0. The molecule has 0 bridgehead atoms. The highest BCUT2D eigenvalue weighted by molar-refractivity contribution is 7.89. The molecule has 5 rings (SSSR count). The number of sulfonamides is 1. The lowest BCUT2D eigenvalue weighted by Gasteiger charge is -2.44. The number of anilines is 1. The van der Waals surface area contributed by atoms with Crippen LogP contribution in [0.2, 0.25) is 0 Å². The maximum absolute atomic E-state index is 13.6. The zero-order valence-electron chi connectivity index (χ0n) is 18.9. The highest BCUT2D eigenvalue weighted by atomic mass is 32.2. The number of aryl methyl sites for hydroxylation is 1. The predicted octanol–water partition coefficient (Wildman–Crippen LogP) is 2.66. The third-order valence-corrected chi connectivity index (χ3v) is 8.74. The van der Waals surface area contributed by atoms with Crippen molar-refractivity contribution in [3.05, 3.63) is 60.6 Å². The van der Waals surface area contributed by atoms with Gasteiger partial charge in [0.05, 0.1) is 32.1 Å². The Morgan fingerprint density at radius 3 is 2.67 bits per heavy atom. The van der Waals surface area contributed by atoms with Gasteiger partial charge in [-0.25, -0.2) is 13.4 Å². The van der Waals surface area contributed by atoms with E-state index in [1.165, 1.54) is 12.5 Å². The van der Waals surface area contributed by atoms with Crippen LogP contribution in [0.3, 0.4) is 0 Å². The number of hydrogen-bond acceptors (Lipinski definition) is 6. The fraction of sp³-hybridized carbons (Fsp3) is 0.375. The monoisotopic (exact) mass is 468 g/mol. The molecule has 0 aliphatic carbocycles. The normalized spacial score (nSPS) is 22.8. The number of aliphatic hydroxyl groups is 1. The van der Waals surface area contributed by atoms with Crippen LogP contribution in [0.5, 0.6) is 5.75 Å². The van der Waals surface area contributed by atoms with Gasteiger partial charge in [-0.3, -0.25) is 0 Å². The van der Waals surface area contributed by atoms with E-state index in [0.717, 1.165) is 28.1 Å². The summed E-state index contributed by atoms with van der Waals surface area (Å²) in [5, 5.41) is 10.3. The molecule has 1 N–H and O–H groups in total. The van der Waals surface area contributed by atoms with Gasteiger partial charge < -0.3 is 19.3 Å². The number of fused-ring (bicyclic) bond motifs is 3. The average molecular weight is 469 g/mol. The lowest BCUT2D eigenvalue weighted by atomic mass is 9.81. The largest absolute Gasteiger partial charge is 0.496 e. The van der Waals surface area contributed by atoms with Gasteiger partial charge in [0, 0.05) is 44.0 Å². The predicted molar refractivity (Wildman–Crippen MR) is 126 cm³/mol. The molecule has 174 valence electrons. The van der Waals surface area contributed by atoms with E-state index in [4.69, 9.17) is 4.74 Å². The Labute approximate surface area is 194 Å². The molecular weight excluding hydrogens is 440 g/mol. The van der Waals surface area contributed by atoms with Gasteiger partial charge in [-0.1, -0.05) is 24.3 Å². The Hall–Kier alpha value is -2.88. The van der Waals surface area contributed by atoms with Crippen LogP contribution in [-0.2, 0) is 17.1 Å². The minimum Gasteiger partial charge on any atom is -0.496 e. The summed E-state index contributed by atoms with van der Waals surface area (Å²) < 4.78 is 36.0. The molecule has 0 radical (unpaired) electrons. The van der Waals surface area contributed by atoms with E-state index >= 15 is 0 Å². The van der Waals surface area contributed by atoms with Gasteiger partial charge in [0.25, 0.3) is 10.0 Å². The van der Waals surface area contributed by atoms with Crippen LogP contribution in [0, 0.1) is 5.92 Å². The van der Waals surface area contributed by atoms with Crippen LogP contribution in [0.25, 0.3) is 11.1 Å². The fourth-order valence-corrected chi connectivity index (χ4v) is 7.01. The van der Waals surface area contributed by atoms with E-state index in [1.807, 2.05) is 43.4 Å².